The van der Waals surface area contributed by atoms with E-state index in [2.05, 4.69) is 20.9 Å². The van der Waals surface area contributed by atoms with Crippen molar-refractivity contribution in [1.29, 1.82) is 0 Å². The van der Waals surface area contributed by atoms with Crippen molar-refractivity contribution in [2.24, 2.45) is 0 Å². The average molecular weight is 281 g/mol. The van der Waals surface area contributed by atoms with Gasteiger partial charge in [0.2, 0.25) is 0 Å². The molecular formula is C8H7BrF2N2O2. The van der Waals surface area contributed by atoms with Crippen LogP contribution in [0.1, 0.15) is 23.2 Å². The largest absolute Gasteiger partial charge is 0.299 e. The maximum absolute atomic E-state index is 12.4. The smallest absolute Gasteiger partial charge is 0.258 e. The molecule has 0 fully saturated rings. The van der Waals surface area contributed by atoms with Crippen LogP contribution < -0.4 is 0 Å². The lowest BCUT2D eigenvalue weighted by Crippen LogP contribution is -2.04. The molecule has 0 atom stereocenters. The van der Waals surface area contributed by atoms with Gasteiger partial charge in [-0.2, -0.15) is 0 Å². The number of nitrogens with zero attached hydrogens (tertiary/aromatic N) is 2. The summed E-state index contributed by atoms with van der Waals surface area (Å²) in [5.41, 5.74) is -0.613. The van der Waals surface area contributed by atoms with Crippen molar-refractivity contribution in [3.8, 4) is 0 Å². The van der Waals surface area contributed by atoms with Crippen LogP contribution in [0.15, 0.2) is 6.20 Å². The monoisotopic (exact) mass is 280 g/mol. The van der Waals surface area contributed by atoms with Crippen molar-refractivity contribution in [1.82, 2.24) is 4.98 Å². The first-order chi connectivity index (χ1) is 6.99. The third-order valence-electron chi connectivity index (χ3n) is 1.97. The van der Waals surface area contributed by atoms with Gasteiger partial charge in [-0.1, -0.05) is 15.9 Å². The zero-order valence-corrected chi connectivity index (χ0v) is 9.29. The minimum atomic E-state index is -2.94. The van der Waals surface area contributed by atoms with E-state index >= 15 is 0 Å². The second kappa shape index (κ2) is 4.61. The number of pyridine rings is 1. The van der Waals surface area contributed by atoms with Crippen molar-refractivity contribution in [3.05, 3.63) is 33.1 Å². The summed E-state index contributed by atoms with van der Waals surface area (Å²) in [6.07, 6.45) is -1.72. The molecular weight excluding hydrogens is 274 g/mol. The predicted molar refractivity (Wildman–Crippen MR) is 53.2 cm³/mol. The molecule has 0 N–H and O–H groups in total. The highest BCUT2D eigenvalue weighted by atomic mass is 79.9. The molecule has 15 heavy (non-hydrogen) atoms. The summed E-state index contributed by atoms with van der Waals surface area (Å²) >= 11 is 3.10. The third-order valence-corrected chi connectivity index (χ3v) is 2.58. The third kappa shape index (κ3) is 2.28. The molecule has 0 bridgehead atoms. The van der Waals surface area contributed by atoms with E-state index < -0.39 is 22.7 Å². The molecule has 1 aromatic rings. The normalized spacial score (nSPS) is 10.7. The van der Waals surface area contributed by atoms with Crippen LogP contribution >= 0.6 is 15.9 Å². The first kappa shape index (κ1) is 12.0. The van der Waals surface area contributed by atoms with E-state index in [0.717, 1.165) is 0 Å². The number of nitro groups is 1. The Bertz CT molecular complexity index is 398. The number of rotatable bonds is 3. The molecule has 82 valence electrons. The van der Waals surface area contributed by atoms with Crippen LogP contribution in [0, 0.1) is 17.0 Å². The zero-order valence-electron chi connectivity index (χ0n) is 7.71. The van der Waals surface area contributed by atoms with Gasteiger partial charge in [0.15, 0.2) is 5.69 Å². The fourth-order valence-electron chi connectivity index (χ4n) is 1.17. The highest BCUT2D eigenvalue weighted by Crippen LogP contribution is 2.31. The Morgan fingerprint density at radius 3 is 2.67 bits per heavy atom. The van der Waals surface area contributed by atoms with Crippen LogP contribution in [0.5, 0.6) is 0 Å². The molecule has 1 rings (SSSR count). The van der Waals surface area contributed by atoms with Gasteiger partial charge in [-0.05, 0) is 12.5 Å². The SMILES string of the molecule is Cc1c(CBr)cnc(C(F)F)c1[N+](=O)[O-]. The maximum Gasteiger partial charge on any atom is 0.299 e. The van der Waals surface area contributed by atoms with Gasteiger partial charge in [-0.25, -0.2) is 13.8 Å². The molecule has 0 saturated carbocycles. The summed E-state index contributed by atoms with van der Waals surface area (Å²) in [5.74, 6) is 0. The van der Waals surface area contributed by atoms with Crippen molar-refractivity contribution in [2.75, 3.05) is 0 Å². The first-order valence-corrected chi connectivity index (χ1v) is 5.08. The van der Waals surface area contributed by atoms with Gasteiger partial charge in [0, 0.05) is 17.1 Å². The minimum absolute atomic E-state index is 0.224. The summed E-state index contributed by atoms with van der Waals surface area (Å²) in [7, 11) is 0. The van der Waals surface area contributed by atoms with Gasteiger partial charge in [0.1, 0.15) is 0 Å². The quantitative estimate of drug-likeness (QED) is 0.486. The molecule has 0 radical (unpaired) electrons. The summed E-state index contributed by atoms with van der Waals surface area (Å²) in [4.78, 5) is 13.2. The van der Waals surface area contributed by atoms with E-state index in [1.807, 2.05) is 0 Å². The zero-order chi connectivity index (χ0) is 11.6. The van der Waals surface area contributed by atoms with Gasteiger partial charge in [-0.15, -0.1) is 0 Å². The Hall–Kier alpha value is -1.11. The molecule has 0 aliphatic heterocycles. The van der Waals surface area contributed by atoms with Gasteiger partial charge in [0.05, 0.1) is 4.92 Å². The molecule has 1 heterocycles. The minimum Gasteiger partial charge on any atom is -0.258 e. The highest BCUT2D eigenvalue weighted by molar-refractivity contribution is 9.08. The summed E-state index contributed by atoms with van der Waals surface area (Å²) in [6, 6.07) is 0. The number of alkyl halides is 3. The van der Waals surface area contributed by atoms with Crippen LogP contribution in [0.3, 0.4) is 0 Å². The Morgan fingerprint density at radius 1 is 1.67 bits per heavy atom. The van der Waals surface area contributed by atoms with Gasteiger partial charge in [0.25, 0.3) is 12.1 Å². The summed E-state index contributed by atoms with van der Waals surface area (Å²) in [6.45, 7) is 1.43. The standard InChI is InChI=1S/C8H7BrF2N2O2/c1-4-5(2-9)3-12-6(8(10)11)7(4)13(14)15/h3,8H,2H2,1H3. The van der Waals surface area contributed by atoms with Crippen LogP contribution in [-0.4, -0.2) is 9.91 Å². The Labute approximate surface area is 92.6 Å². The lowest BCUT2D eigenvalue weighted by Gasteiger charge is -2.06. The Kier molecular flexibility index (Phi) is 3.67. The lowest BCUT2D eigenvalue weighted by atomic mass is 10.1. The first-order valence-electron chi connectivity index (χ1n) is 3.96. The van der Waals surface area contributed by atoms with Crippen LogP contribution in [-0.2, 0) is 5.33 Å². The van der Waals surface area contributed by atoms with Crippen LogP contribution in [0.25, 0.3) is 0 Å². The van der Waals surface area contributed by atoms with Crippen molar-refractivity contribution in [2.45, 2.75) is 18.7 Å². The molecule has 4 nitrogen and oxygen atoms in total. The van der Waals surface area contributed by atoms with E-state index in [0.29, 0.717) is 10.9 Å². The molecule has 0 spiro atoms. The molecule has 0 aromatic carbocycles. The van der Waals surface area contributed by atoms with Crippen molar-refractivity contribution in [3.63, 3.8) is 0 Å². The maximum atomic E-state index is 12.4. The predicted octanol–water partition coefficient (Wildman–Crippen LogP) is 3.13. The van der Waals surface area contributed by atoms with E-state index in [1.54, 1.807) is 0 Å². The van der Waals surface area contributed by atoms with E-state index in [1.165, 1.54) is 13.1 Å². The topological polar surface area (TPSA) is 56.0 Å². The van der Waals surface area contributed by atoms with Crippen molar-refractivity contribution >= 4 is 21.6 Å². The number of halogens is 3. The van der Waals surface area contributed by atoms with E-state index in [4.69, 9.17) is 0 Å². The Balaban J connectivity index is 3.44. The van der Waals surface area contributed by atoms with Crippen LogP contribution in [0.2, 0.25) is 0 Å². The fourth-order valence-corrected chi connectivity index (χ4v) is 1.74. The molecule has 0 aliphatic carbocycles. The van der Waals surface area contributed by atoms with Gasteiger partial charge < -0.3 is 0 Å². The molecule has 0 amide bonds. The molecule has 0 unspecified atom stereocenters. The average Bonchev–Trinajstić information content (AvgIpc) is 2.16. The lowest BCUT2D eigenvalue weighted by molar-refractivity contribution is -0.387. The highest BCUT2D eigenvalue weighted by Gasteiger charge is 2.27. The molecule has 7 heteroatoms. The van der Waals surface area contributed by atoms with E-state index in [-0.39, 0.29) is 5.56 Å². The molecule has 1 aromatic heterocycles. The molecule has 0 saturated heterocycles. The second-order valence-corrected chi connectivity index (χ2v) is 3.39. The second-order valence-electron chi connectivity index (χ2n) is 2.83. The fraction of sp³-hybridized carbons (Fsp3) is 0.375. The van der Waals surface area contributed by atoms with E-state index in [9.17, 15) is 18.9 Å². The number of hydrogen-bond acceptors (Lipinski definition) is 3. The van der Waals surface area contributed by atoms with Gasteiger partial charge >= 0.3 is 0 Å². The summed E-state index contributed by atoms with van der Waals surface area (Å²) in [5, 5.41) is 11.0. The van der Waals surface area contributed by atoms with Gasteiger partial charge in [-0.3, -0.25) is 10.1 Å². The Morgan fingerprint density at radius 2 is 2.27 bits per heavy atom. The number of aromatic nitrogens is 1. The number of hydrogen-bond donors (Lipinski definition) is 0. The van der Waals surface area contributed by atoms with Crippen LogP contribution in [0.4, 0.5) is 14.5 Å². The summed E-state index contributed by atoms with van der Waals surface area (Å²) < 4.78 is 24.8. The van der Waals surface area contributed by atoms with Crippen molar-refractivity contribution < 1.29 is 13.7 Å². The molecule has 0 aliphatic rings.